The third kappa shape index (κ3) is 1.84. The molecule has 82 valence electrons. The largest absolute Gasteiger partial charge is 0.0808 e. The van der Waals surface area contributed by atoms with E-state index >= 15 is 0 Å². The van der Waals surface area contributed by atoms with Gasteiger partial charge in [-0.15, -0.1) is 0 Å². The van der Waals surface area contributed by atoms with Crippen LogP contribution in [0.4, 0.5) is 0 Å². The van der Waals surface area contributed by atoms with Crippen molar-refractivity contribution in [3.8, 4) is 0 Å². The van der Waals surface area contributed by atoms with Crippen LogP contribution in [0, 0.1) is 17.8 Å². The van der Waals surface area contributed by atoms with Crippen LogP contribution in [0.25, 0.3) is 0 Å². The first-order valence-electron chi connectivity index (χ1n) is 6.32. The number of hydrogen-bond donors (Lipinski definition) is 0. The molecule has 1 saturated carbocycles. The molecule has 0 heterocycles. The lowest BCUT2D eigenvalue weighted by atomic mass is 9.83. The van der Waals surface area contributed by atoms with Gasteiger partial charge in [-0.3, -0.25) is 0 Å². The molecule has 0 saturated heterocycles. The molecule has 2 aliphatic rings. The number of benzene rings is 1. The van der Waals surface area contributed by atoms with Crippen LogP contribution in [0.15, 0.2) is 54.6 Å². The summed E-state index contributed by atoms with van der Waals surface area (Å²) < 4.78 is 0. The van der Waals surface area contributed by atoms with Crippen LogP contribution in [0.3, 0.4) is 0 Å². The second kappa shape index (κ2) is 4.29. The zero-order valence-electron chi connectivity index (χ0n) is 9.55. The van der Waals surface area contributed by atoms with Crippen LogP contribution in [0.2, 0.25) is 0 Å². The molecular weight excluding hydrogens is 192 g/mol. The van der Waals surface area contributed by atoms with Crippen LogP contribution in [0.1, 0.15) is 18.4 Å². The minimum atomic E-state index is 0.796. The highest BCUT2D eigenvalue weighted by Crippen LogP contribution is 2.41. The fourth-order valence-corrected chi connectivity index (χ4v) is 3.22. The summed E-state index contributed by atoms with van der Waals surface area (Å²) in [5.41, 5.74) is 1.50. The Hall–Kier alpha value is -1.30. The van der Waals surface area contributed by atoms with Crippen LogP contribution in [-0.4, -0.2) is 0 Å². The Kier molecular flexibility index (Phi) is 2.65. The Bertz CT molecular complexity index is 399. The molecular formula is C16H18. The van der Waals surface area contributed by atoms with Gasteiger partial charge in [0.2, 0.25) is 0 Å². The molecule has 0 amide bonds. The van der Waals surface area contributed by atoms with E-state index in [2.05, 4.69) is 54.6 Å². The van der Waals surface area contributed by atoms with Crippen molar-refractivity contribution < 1.29 is 0 Å². The third-order valence-electron chi connectivity index (χ3n) is 4.05. The normalized spacial score (nSPS) is 31.6. The van der Waals surface area contributed by atoms with Crippen molar-refractivity contribution in [1.82, 2.24) is 0 Å². The SMILES string of the molecule is C1=CC2CCC(Cc3ccccc3)[C@@H]2C=C1. The molecule has 3 atom stereocenters. The molecule has 0 bridgehead atoms. The summed E-state index contributed by atoms with van der Waals surface area (Å²) in [7, 11) is 0. The Balaban J connectivity index is 1.73. The van der Waals surface area contributed by atoms with Gasteiger partial charge in [-0.05, 0) is 42.6 Å². The Labute approximate surface area is 97.7 Å². The molecule has 16 heavy (non-hydrogen) atoms. The molecule has 1 aromatic carbocycles. The van der Waals surface area contributed by atoms with E-state index in [1.807, 2.05) is 0 Å². The first-order chi connectivity index (χ1) is 7.93. The van der Waals surface area contributed by atoms with Crippen molar-refractivity contribution in [2.24, 2.45) is 17.8 Å². The van der Waals surface area contributed by atoms with Crippen molar-refractivity contribution in [3.63, 3.8) is 0 Å². The molecule has 0 heteroatoms. The summed E-state index contributed by atoms with van der Waals surface area (Å²) in [5, 5.41) is 0. The van der Waals surface area contributed by atoms with Gasteiger partial charge in [0.25, 0.3) is 0 Å². The van der Waals surface area contributed by atoms with E-state index in [4.69, 9.17) is 0 Å². The van der Waals surface area contributed by atoms with Crippen LogP contribution in [-0.2, 0) is 6.42 Å². The zero-order valence-corrected chi connectivity index (χ0v) is 9.55. The molecule has 2 aliphatic carbocycles. The Morgan fingerprint density at radius 1 is 0.938 bits per heavy atom. The van der Waals surface area contributed by atoms with E-state index in [0.29, 0.717) is 0 Å². The van der Waals surface area contributed by atoms with Gasteiger partial charge < -0.3 is 0 Å². The van der Waals surface area contributed by atoms with Gasteiger partial charge in [0.15, 0.2) is 0 Å². The first kappa shape index (κ1) is 9.89. The summed E-state index contributed by atoms with van der Waals surface area (Å²) in [6, 6.07) is 10.9. The molecule has 3 rings (SSSR count). The predicted octanol–water partition coefficient (Wildman–Crippen LogP) is 4.00. The van der Waals surface area contributed by atoms with E-state index in [1.165, 1.54) is 24.8 Å². The number of rotatable bonds is 2. The van der Waals surface area contributed by atoms with Gasteiger partial charge >= 0.3 is 0 Å². The topological polar surface area (TPSA) is 0 Å². The van der Waals surface area contributed by atoms with Crippen molar-refractivity contribution in [1.29, 1.82) is 0 Å². The lowest BCUT2D eigenvalue weighted by Gasteiger charge is -2.21. The van der Waals surface area contributed by atoms with E-state index < -0.39 is 0 Å². The predicted molar refractivity (Wildman–Crippen MR) is 68.1 cm³/mol. The molecule has 0 aliphatic heterocycles. The molecule has 0 nitrogen and oxygen atoms in total. The Morgan fingerprint density at radius 3 is 2.62 bits per heavy atom. The van der Waals surface area contributed by atoms with Crippen LogP contribution in [0.5, 0.6) is 0 Å². The molecule has 1 fully saturated rings. The molecule has 1 aromatic rings. The summed E-state index contributed by atoms with van der Waals surface area (Å²) in [6.45, 7) is 0. The average Bonchev–Trinajstić information content (AvgIpc) is 2.74. The summed E-state index contributed by atoms with van der Waals surface area (Å²) in [6.07, 6.45) is 13.3. The van der Waals surface area contributed by atoms with Crippen molar-refractivity contribution in [2.75, 3.05) is 0 Å². The second-order valence-electron chi connectivity index (χ2n) is 5.04. The van der Waals surface area contributed by atoms with Crippen LogP contribution < -0.4 is 0 Å². The van der Waals surface area contributed by atoms with E-state index in [0.717, 1.165) is 17.8 Å². The number of hydrogen-bond acceptors (Lipinski definition) is 0. The number of allylic oxidation sites excluding steroid dienone is 4. The minimum absolute atomic E-state index is 0.796. The van der Waals surface area contributed by atoms with Crippen molar-refractivity contribution >= 4 is 0 Å². The highest BCUT2D eigenvalue weighted by molar-refractivity contribution is 5.20. The van der Waals surface area contributed by atoms with Gasteiger partial charge in [-0.25, -0.2) is 0 Å². The Morgan fingerprint density at radius 2 is 1.75 bits per heavy atom. The maximum Gasteiger partial charge on any atom is -0.0136 e. The van der Waals surface area contributed by atoms with Gasteiger partial charge in [0.1, 0.15) is 0 Å². The molecule has 0 spiro atoms. The average molecular weight is 210 g/mol. The standard InChI is InChI=1S/C16H18/c1-2-6-13(7-3-1)12-15-11-10-14-8-4-5-9-16(14)15/h1-9,14-16H,10-12H2/t14?,15?,16-/m1/s1. The summed E-state index contributed by atoms with van der Waals surface area (Å²) >= 11 is 0. The fraction of sp³-hybridized carbons (Fsp3) is 0.375. The number of fused-ring (bicyclic) bond motifs is 1. The van der Waals surface area contributed by atoms with E-state index in [1.54, 1.807) is 0 Å². The monoisotopic (exact) mass is 210 g/mol. The van der Waals surface area contributed by atoms with Gasteiger partial charge in [-0.1, -0.05) is 54.6 Å². The fourth-order valence-electron chi connectivity index (χ4n) is 3.22. The molecule has 0 N–H and O–H groups in total. The first-order valence-corrected chi connectivity index (χ1v) is 6.32. The second-order valence-corrected chi connectivity index (χ2v) is 5.04. The lowest BCUT2D eigenvalue weighted by molar-refractivity contribution is 0.417. The quantitative estimate of drug-likeness (QED) is 0.692. The lowest BCUT2D eigenvalue weighted by Crippen LogP contribution is -2.14. The maximum absolute atomic E-state index is 2.42. The summed E-state index contributed by atoms with van der Waals surface area (Å²) in [5.74, 6) is 2.47. The van der Waals surface area contributed by atoms with Crippen molar-refractivity contribution in [3.05, 3.63) is 60.2 Å². The smallest absolute Gasteiger partial charge is 0.0136 e. The maximum atomic E-state index is 2.42. The molecule has 2 unspecified atom stereocenters. The van der Waals surface area contributed by atoms with Gasteiger partial charge in [0, 0.05) is 0 Å². The highest BCUT2D eigenvalue weighted by atomic mass is 14.4. The third-order valence-corrected chi connectivity index (χ3v) is 4.05. The zero-order chi connectivity index (χ0) is 10.8. The van der Waals surface area contributed by atoms with Gasteiger partial charge in [0.05, 0.1) is 0 Å². The summed E-state index contributed by atoms with van der Waals surface area (Å²) in [4.78, 5) is 0. The van der Waals surface area contributed by atoms with E-state index in [-0.39, 0.29) is 0 Å². The van der Waals surface area contributed by atoms with Gasteiger partial charge in [-0.2, -0.15) is 0 Å². The highest BCUT2D eigenvalue weighted by Gasteiger charge is 2.33. The molecule has 0 radical (unpaired) electrons. The minimum Gasteiger partial charge on any atom is -0.0808 e. The van der Waals surface area contributed by atoms with Crippen LogP contribution >= 0.6 is 0 Å². The van der Waals surface area contributed by atoms with E-state index in [9.17, 15) is 0 Å². The van der Waals surface area contributed by atoms with Crippen molar-refractivity contribution in [2.45, 2.75) is 19.3 Å². The molecule has 0 aromatic heterocycles.